The molecule has 0 aliphatic carbocycles. The van der Waals surface area contributed by atoms with Crippen LogP contribution in [-0.2, 0) is 0 Å². The van der Waals surface area contributed by atoms with Crippen molar-refractivity contribution in [1.82, 2.24) is 4.90 Å². The van der Waals surface area contributed by atoms with Crippen LogP contribution in [0.4, 0.5) is 0 Å². The highest BCUT2D eigenvalue weighted by Crippen LogP contribution is 2.14. The van der Waals surface area contributed by atoms with Gasteiger partial charge in [-0.2, -0.15) is 11.8 Å². The second kappa shape index (κ2) is 5.84. The summed E-state index contributed by atoms with van der Waals surface area (Å²) in [5, 5.41) is 9.56. The van der Waals surface area contributed by atoms with Crippen LogP contribution in [-0.4, -0.2) is 40.8 Å². The number of aliphatic hydroxyl groups excluding tert-OH is 1. The minimum absolute atomic E-state index is 0.200. The predicted octanol–water partition coefficient (Wildman–Crippen LogP) is 1.36. The highest BCUT2D eigenvalue weighted by molar-refractivity contribution is 7.99. The van der Waals surface area contributed by atoms with Gasteiger partial charge in [0.05, 0.1) is 0 Å². The molecule has 0 aromatic rings. The summed E-state index contributed by atoms with van der Waals surface area (Å²) in [5.41, 5.74) is 0. The standard InChI is InChI=1S/C9H18NOS/c1-2-3-4-5-10-6-7-12-8-9(10)11/h9,11H,1-8H2. The molecule has 1 radical (unpaired) electrons. The smallest absolute Gasteiger partial charge is 0.116 e. The Balaban J connectivity index is 2.11. The highest BCUT2D eigenvalue weighted by atomic mass is 32.2. The molecule has 1 atom stereocenters. The molecule has 3 heteroatoms. The fraction of sp³-hybridized carbons (Fsp3) is 0.889. The maximum absolute atomic E-state index is 9.56. The highest BCUT2D eigenvalue weighted by Gasteiger charge is 2.18. The van der Waals surface area contributed by atoms with Gasteiger partial charge in [0.15, 0.2) is 0 Å². The van der Waals surface area contributed by atoms with Crippen molar-refractivity contribution >= 4 is 11.8 Å². The van der Waals surface area contributed by atoms with Gasteiger partial charge in [0.2, 0.25) is 0 Å². The van der Waals surface area contributed by atoms with Crippen LogP contribution < -0.4 is 0 Å². The summed E-state index contributed by atoms with van der Waals surface area (Å²) in [6.07, 6.45) is 3.16. The van der Waals surface area contributed by atoms with Gasteiger partial charge in [-0.15, -0.1) is 0 Å². The van der Waals surface area contributed by atoms with Gasteiger partial charge in [-0.25, -0.2) is 0 Å². The third-order valence-electron chi connectivity index (χ3n) is 2.16. The lowest BCUT2D eigenvalue weighted by molar-refractivity contribution is 0.0222. The van der Waals surface area contributed by atoms with E-state index in [1.54, 1.807) is 0 Å². The van der Waals surface area contributed by atoms with Gasteiger partial charge in [-0.1, -0.05) is 19.8 Å². The van der Waals surface area contributed by atoms with Crippen LogP contribution in [0.15, 0.2) is 0 Å². The Hall–Kier alpha value is 0.270. The molecule has 1 N–H and O–H groups in total. The van der Waals surface area contributed by atoms with Crippen LogP contribution in [0.5, 0.6) is 0 Å². The van der Waals surface area contributed by atoms with E-state index in [-0.39, 0.29) is 6.23 Å². The average molecular weight is 188 g/mol. The number of rotatable bonds is 4. The van der Waals surface area contributed by atoms with Crippen molar-refractivity contribution < 1.29 is 5.11 Å². The Labute approximate surface area is 79.3 Å². The fourth-order valence-electron chi connectivity index (χ4n) is 1.38. The van der Waals surface area contributed by atoms with E-state index in [1.165, 1.54) is 18.6 Å². The Morgan fingerprint density at radius 3 is 3.00 bits per heavy atom. The molecule has 0 bridgehead atoms. The topological polar surface area (TPSA) is 23.5 Å². The summed E-state index contributed by atoms with van der Waals surface area (Å²) in [7, 11) is 0. The zero-order valence-electron chi connectivity index (χ0n) is 7.54. The van der Waals surface area contributed by atoms with Crippen molar-refractivity contribution in [2.24, 2.45) is 0 Å². The number of hydrogen-bond acceptors (Lipinski definition) is 3. The van der Waals surface area contributed by atoms with E-state index in [1.807, 2.05) is 11.8 Å². The molecule has 2 nitrogen and oxygen atoms in total. The van der Waals surface area contributed by atoms with Crippen molar-refractivity contribution in [1.29, 1.82) is 0 Å². The van der Waals surface area contributed by atoms with Gasteiger partial charge < -0.3 is 5.11 Å². The zero-order chi connectivity index (χ0) is 8.81. The lowest BCUT2D eigenvalue weighted by Crippen LogP contribution is -2.42. The van der Waals surface area contributed by atoms with Crippen molar-refractivity contribution in [3.63, 3.8) is 0 Å². The summed E-state index contributed by atoms with van der Waals surface area (Å²) >= 11 is 1.84. The van der Waals surface area contributed by atoms with Crippen molar-refractivity contribution in [2.75, 3.05) is 24.6 Å². The third-order valence-corrected chi connectivity index (χ3v) is 3.16. The molecular weight excluding hydrogens is 170 g/mol. The zero-order valence-corrected chi connectivity index (χ0v) is 8.35. The first-order valence-corrected chi connectivity index (χ1v) is 5.79. The lowest BCUT2D eigenvalue weighted by Gasteiger charge is -2.31. The van der Waals surface area contributed by atoms with Gasteiger partial charge in [0.1, 0.15) is 6.23 Å². The number of aliphatic hydroxyl groups is 1. The molecule has 1 heterocycles. The van der Waals surface area contributed by atoms with E-state index in [4.69, 9.17) is 0 Å². The normalized spacial score (nSPS) is 26.0. The molecule has 0 aromatic heterocycles. The summed E-state index contributed by atoms with van der Waals surface area (Å²) < 4.78 is 0. The summed E-state index contributed by atoms with van der Waals surface area (Å²) in [6, 6.07) is 0. The summed E-state index contributed by atoms with van der Waals surface area (Å²) in [5.74, 6) is 2.05. The van der Waals surface area contributed by atoms with Crippen LogP contribution in [0.2, 0.25) is 0 Å². The number of nitrogens with zero attached hydrogens (tertiary/aromatic N) is 1. The minimum Gasteiger partial charge on any atom is -0.378 e. The predicted molar refractivity (Wildman–Crippen MR) is 54.1 cm³/mol. The molecule has 12 heavy (non-hydrogen) atoms. The fourth-order valence-corrected chi connectivity index (χ4v) is 2.33. The average Bonchev–Trinajstić information content (AvgIpc) is 2.09. The number of thioether (sulfide) groups is 1. The lowest BCUT2D eigenvalue weighted by atomic mass is 10.2. The van der Waals surface area contributed by atoms with Crippen molar-refractivity contribution in [3.05, 3.63) is 6.92 Å². The van der Waals surface area contributed by atoms with Crippen LogP contribution in [0, 0.1) is 6.92 Å². The summed E-state index contributed by atoms with van der Waals surface area (Å²) in [6.45, 7) is 5.89. The van der Waals surface area contributed by atoms with Gasteiger partial charge in [0, 0.05) is 24.6 Å². The largest absolute Gasteiger partial charge is 0.378 e. The first-order chi connectivity index (χ1) is 5.84. The van der Waals surface area contributed by atoms with Crippen LogP contribution in [0.1, 0.15) is 19.3 Å². The molecule has 1 aliphatic rings. The van der Waals surface area contributed by atoms with E-state index < -0.39 is 0 Å². The van der Waals surface area contributed by atoms with Gasteiger partial charge in [-0.3, -0.25) is 4.90 Å². The molecule has 1 saturated heterocycles. The van der Waals surface area contributed by atoms with Gasteiger partial charge >= 0.3 is 0 Å². The van der Waals surface area contributed by atoms with E-state index in [2.05, 4.69) is 11.8 Å². The molecule has 1 rings (SSSR count). The molecule has 1 unspecified atom stereocenters. The van der Waals surface area contributed by atoms with Crippen LogP contribution >= 0.6 is 11.8 Å². The first kappa shape index (κ1) is 10.4. The van der Waals surface area contributed by atoms with E-state index in [9.17, 15) is 5.11 Å². The molecular formula is C9H18NOS. The molecule has 0 saturated carbocycles. The minimum atomic E-state index is -0.200. The second-order valence-electron chi connectivity index (χ2n) is 3.15. The Bertz CT molecular complexity index is 121. The van der Waals surface area contributed by atoms with Gasteiger partial charge in [0.25, 0.3) is 0 Å². The van der Waals surface area contributed by atoms with E-state index >= 15 is 0 Å². The number of hydrogen-bond donors (Lipinski definition) is 1. The maximum Gasteiger partial charge on any atom is 0.116 e. The monoisotopic (exact) mass is 188 g/mol. The Kier molecular flexibility index (Phi) is 5.04. The molecule has 71 valence electrons. The number of unbranched alkanes of at least 4 members (excludes halogenated alkanes) is 2. The van der Waals surface area contributed by atoms with E-state index in [0.717, 1.165) is 25.3 Å². The molecule has 1 aliphatic heterocycles. The Morgan fingerprint density at radius 1 is 1.50 bits per heavy atom. The maximum atomic E-state index is 9.56. The molecule has 0 spiro atoms. The van der Waals surface area contributed by atoms with E-state index in [0.29, 0.717) is 0 Å². The van der Waals surface area contributed by atoms with Crippen LogP contribution in [0.3, 0.4) is 0 Å². The molecule has 1 fully saturated rings. The summed E-state index contributed by atoms with van der Waals surface area (Å²) in [4.78, 5) is 2.17. The quantitative estimate of drug-likeness (QED) is 0.674. The second-order valence-corrected chi connectivity index (χ2v) is 4.30. The molecule has 0 aromatic carbocycles. The van der Waals surface area contributed by atoms with Crippen molar-refractivity contribution in [2.45, 2.75) is 25.5 Å². The van der Waals surface area contributed by atoms with Gasteiger partial charge in [-0.05, 0) is 6.42 Å². The van der Waals surface area contributed by atoms with Crippen LogP contribution in [0.25, 0.3) is 0 Å². The Morgan fingerprint density at radius 2 is 2.33 bits per heavy atom. The first-order valence-electron chi connectivity index (χ1n) is 4.63. The SMILES string of the molecule is [CH2]CCCCN1CCSCC1O. The third kappa shape index (κ3) is 3.33. The molecule has 0 amide bonds. The van der Waals surface area contributed by atoms with Crippen molar-refractivity contribution in [3.8, 4) is 0 Å².